The number of piperazine rings is 1. The van der Waals surface area contributed by atoms with Crippen molar-refractivity contribution in [3.05, 3.63) is 35.9 Å². The zero-order valence-corrected chi connectivity index (χ0v) is 14.3. The van der Waals surface area contributed by atoms with Gasteiger partial charge in [0.05, 0.1) is 12.0 Å². The van der Waals surface area contributed by atoms with E-state index in [-0.39, 0.29) is 36.2 Å². The monoisotopic (exact) mass is 337 g/mol. The van der Waals surface area contributed by atoms with Crippen molar-refractivity contribution in [3.63, 3.8) is 0 Å². The molecule has 1 N–H and O–H groups in total. The average molecular weight is 338 g/mol. The number of nitrogens with zero attached hydrogens (tertiary/aromatic N) is 2. The Bertz CT molecular complexity index is 554. The molecule has 0 aromatic heterocycles. The van der Waals surface area contributed by atoms with Crippen LogP contribution in [0.1, 0.15) is 18.4 Å². The topological polar surface area (TPSA) is 52.7 Å². The molecule has 1 aromatic rings. The van der Waals surface area contributed by atoms with Gasteiger partial charge in [-0.1, -0.05) is 30.3 Å². The van der Waals surface area contributed by atoms with Gasteiger partial charge in [-0.2, -0.15) is 0 Å². The predicted octanol–water partition coefficient (Wildman–Crippen LogP) is 1.03. The van der Waals surface area contributed by atoms with Crippen molar-refractivity contribution in [2.24, 2.45) is 0 Å². The molecule has 0 radical (unpaired) electrons. The van der Waals surface area contributed by atoms with E-state index in [2.05, 4.69) is 5.32 Å². The highest BCUT2D eigenvalue weighted by Crippen LogP contribution is 2.49. The van der Waals surface area contributed by atoms with E-state index < -0.39 is 0 Å². The summed E-state index contributed by atoms with van der Waals surface area (Å²) in [6.07, 6.45) is 1.75. The fraction of sp³-hybridized carbons (Fsp3) is 0.529. The molecule has 0 atom stereocenters. The number of hydrogen-bond acceptors (Lipinski definition) is 3. The minimum Gasteiger partial charge on any atom is -0.339 e. The molecule has 1 aliphatic carbocycles. The Labute approximate surface area is 143 Å². The Morgan fingerprint density at radius 1 is 1.17 bits per heavy atom. The predicted molar refractivity (Wildman–Crippen MR) is 91.7 cm³/mol. The van der Waals surface area contributed by atoms with Crippen LogP contribution in [-0.2, 0) is 15.0 Å². The second-order valence-corrected chi connectivity index (χ2v) is 6.24. The quantitative estimate of drug-likeness (QED) is 0.893. The first-order chi connectivity index (χ1) is 10.6. The molecule has 2 amide bonds. The van der Waals surface area contributed by atoms with Gasteiger partial charge in [0.2, 0.25) is 11.8 Å². The average Bonchev–Trinajstić information content (AvgIpc) is 3.37. The van der Waals surface area contributed by atoms with Gasteiger partial charge in [-0.3, -0.25) is 9.59 Å². The number of carbonyl (C=O) groups is 2. The summed E-state index contributed by atoms with van der Waals surface area (Å²) in [5.74, 6) is 0.114. The molecule has 2 fully saturated rings. The first-order valence-corrected chi connectivity index (χ1v) is 7.93. The Hall–Kier alpha value is -1.59. The van der Waals surface area contributed by atoms with Crippen LogP contribution in [0.5, 0.6) is 0 Å². The molecule has 1 saturated heterocycles. The summed E-state index contributed by atoms with van der Waals surface area (Å²) < 4.78 is 0. The number of hydrogen-bond donors (Lipinski definition) is 1. The largest absolute Gasteiger partial charge is 0.339 e. The van der Waals surface area contributed by atoms with Crippen LogP contribution in [0.25, 0.3) is 0 Å². The summed E-state index contributed by atoms with van der Waals surface area (Å²) in [5.41, 5.74) is 0.682. The summed E-state index contributed by atoms with van der Waals surface area (Å²) in [5, 5.41) is 3.23. The molecule has 1 heterocycles. The van der Waals surface area contributed by atoms with E-state index in [1.807, 2.05) is 35.2 Å². The SMILES string of the molecule is CN(CC(=O)N1CCNCC1)C(=O)C1(c2ccccc2)CC1.Cl. The van der Waals surface area contributed by atoms with E-state index in [0.717, 1.165) is 44.6 Å². The van der Waals surface area contributed by atoms with Crippen LogP contribution in [0, 0.1) is 0 Å². The lowest BCUT2D eigenvalue weighted by Gasteiger charge is -2.30. The third kappa shape index (κ3) is 3.67. The third-order valence-electron chi connectivity index (χ3n) is 4.67. The van der Waals surface area contributed by atoms with Gasteiger partial charge in [0.15, 0.2) is 0 Å². The maximum atomic E-state index is 12.8. The second kappa shape index (κ2) is 7.32. The van der Waals surface area contributed by atoms with Crippen LogP contribution < -0.4 is 5.32 Å². The highest BCUT2D eigenvalue weighted by atomic mass is 35.5. The van der Waals surface area contributed by atoms with E-state index in [1.54, 1.807) is 11.9 Å². The van der Waals surface area contributed by atoms with Gasteiger partial charge >= 0.3 is 0 Å². The molecule has 1 aliphatic heterocycles. The lowest BCUT2D eigenvalue weighted by atomic mass is 9.94. The molecule has 5 nitrogen and oxygen atoms in total. The molecule has 126 valence electrons. The van der Waals surface area contributed by atoms with Crippen LogP contribution in [0.3, 0.4) is 0 Å². The zero-order valence-electron chi connectivity index (χ0n) is 13.5. The second-order valence-electron chi connectivity index (χ2n) is 6.24. The van der Waals surface area contributed by atoms with Crippen molar-refractivity contribution < 1.29 is 9.59 Å². The molecule has 2 aliphatic rings. The Morgan fingerprint density at radius 2 is 1.78 bits per heavy atom. The summed E-state index contributed by atoms with van der Waals surface area (Å²) >= 11 is 0. The minimum atomic E-state index is -0.389. The lowest BCUT2D eigenvalue weighted by Crippen LogP contribution is -2.50. The molecule has 6 heteroatoms. The van der Waals surface area contributed by atoms with Gasteiger partial charge in [0.1, 0.15) is 0 Å². The zero-order chi connectivity index (χ0) is 15.6. The maximum Gasteiger partial charge on any atom is 0.242 e. The Morgan fingerprint density at radius 3 is 2.35 bits per heavy atom. The standard InChI is InChI=1S/C17H23N3O2.ClH/c1-19(13-15(21)20-11-9-18-10-12-20)16(22)17(7-8-17)14-5-3-2-4-6-14;/h2-6,18H,7-13H2,1H3;1H. The molecule has 3 rings (SSSR count). The summed E-state index contributed by atoms with van der Waals surface area (Å²) in [4.78, 5) is 28.5. The van der Waals surface area contributed by atoms with Crippen molar-refractivity contribution in [2.45, 2.75) is 18.3 Å². The molecule has 1 aromatic carbocycles. The van der Waals surface area contributed by atoms with E-state index in [9.17, 15) is 9.59 Å². The van der Waals surface area contributed by atoms with Crippen molar-refractivity contribution in [2.75, 3.05) is 39.8 Å². The van der Waals surface area contributed by atoms with E-state index >= 15 is 0 Å². The van der Waals surface area contributed by atoms with E-state index in [1.165, 1.54) is 0 Å². The van der Waals surface area contributed by atoms with Gasteiger partial charge < -0.3 is 15.1 Å². The van der Waals surface area contributed by atoms with Crippen molar-refractivity contribution in [1.29, 1.82) is 0 Å². The van der Waals surface area contributed by atoms with E-state index in [4.69, 9.17) is 0 Å². The van der Waals surface area contributed by atoms with Crippen molar-refractivity contribution in [1.82, 2.24) is 15.1 Å². The molecular formula is C17H24ClN3O2. The summed E-state index contributed by atoms with van der Waals surface area (Å²) in [6, 6.07) is 9.92. The number of halogens is 1. The normalized spacial score (nSPS) is 18.7. The number of rotatable bonds is 4. The van der Waals surface area contributed by atoms with Crippen LogP contribution in [-0.4, -0.2) is 61.4 Å². The Balaban J connectivity index is 0.00000192. The molecule has 0 bridgehead atoms. The van der Waals surface area contributed by atoms with Gasteiger partial charge in [0, 0.05) is 33.2 Å². The first kappa shape index (κ1) is 17.8. The van der Waals surface area contributed by atoms with Crippen LogP contribution in [0.2, 0.25) is 0 Å². The number of amides is 2. The van der Waals surface area contributed by atoms with Gasteiger partial charge in [-0.15, -0.1) is 12.4 Å². The van der Waals surface area contributed by atoms with Gasteiger partial charge in [-0.05, 0) is 18.4 Å². The third-order valence-corrected chi connectivity index (χ3v) is 4.67. The highest BCUT2D eigenvalue weighted by Gasteiger charge is 2.52. The van der Waals surface area contributed by atoms with Crippen LogP contribution in [0.4, 0.5) is 0 Å². The fourth-order valence-corrected chi connectivity index (χ4v) is 3.16. The summed E-state index contributed by atoms with van der Waals surface area (Å²) in [7, 11) is 1.74. The van der Waals surface area contributed by atoms with E-state index in [0.29, 0.717) is 0 Å². The number of likely N-dealkylation sites (N-methyl/N-ethyl adjacent to an activating group) is 1. The fourth-order valence-electron chi connectivity index (χ4n) is 3.16. The van der Waals surface area contributed by atoms with Crippen molar-refractivity contribution in [3.8, 4) is 0 Å². The number of carbonyl (C=O) groups excluding carboxylic acids is 2. The minimum absolute atomic E-state index is 0. The highest BCUT2D eigenvalue weighted by molar-refractivity contribution is 5.93. The lowest BCUT2D eigenvalue weighted by molar-refractivity contribution is -0.141. The molecule has 1 saturated carbocycles. The first-order valence-electron chi connectivity index (χ1n) is 7.93. The van der Waals surface area contributed by atoms with Crippen molar-refractivity contribution >= 4 is 24.2 Å². The molecule has 23 heavy (non-hydrogen) atoms. The van der Waals surface area contributed by atoms with Crippen LogP contribution in [0.15, 0.2) is 30.3 Å². The summed E-state index contributed by atoms with van der Waals surface area (Å²) in [6.45, 7) is 3.29. The smallest absolute Gasteiger partial charge is 0.242 e. The van der Waals surface area contributed by atoms with Gasteiger partial charge in [0.25, 0.3) is 0 Å². The molecule has 0 spiro atoms. The number of benzene rings is 1. The van der Waals surface area contributed by atoms with Gasteiger partial charge in [-0.25, -0.2) is 0 Å². The van der Waals surface area contributed by atoms with Crippen LogP contribution >= 0.6 is 12.4 Å². The molecule has 0 unspecified atom stereocenters. The number of nitrogens with one attached hydrogen (secondary N) is 1. The maximum absolute atomic E-state index is 12.8. The Kier molecular flexibility index (Phi) is 5.65. The molecular weight excluding hydrogens is 314 g/mol.